The molecule has 0 aliphatic heterocycles. The third-order valence-electron chi connectivity index (χ3n) is 6.23. The predicted molar refractivity (Wildman–Crippen MR) is 96.3 cm³/mol. The lowest BCUT2D eigenvalue weighted by molar-refractivity contribution is -0.125. The van der Waals surface area contributed by atoms with E-state index < -0.39 is 0 Å². The molecule has 24 heavy (non-hydrogen) atoms. The maximum absolute atomic E-state index is 13.0. The zero-order chi connectivity index (χ0) is 17.5. The van der Waals surface area contributed by atoms with Crippen molar-refractivity contribution in [3.8, 4) is 11.5 Å². The second-order valence-corrected chi connectivity index (χ2v) is 7.58. The Morgan fingerprint density at radius 2 is 2.04 bits per heavy atom. The van der Waals surface area contributed by atoms with Gasteiger partial charge in [0.25, 0.3) is 0 Å². The van der Waals surface area contributed by atoms with Crippen LogP contribution in [0.2, 0.25) is 0 Å². The highest BCUT2D eigenvalue weighted by molar-refractivity contribution is 6.08. The first-order chi connectivity index (χ1) is 11.3. The smallest absolute Gasteiger partial charge is 0.165 e. The molecule has 3 heteroatoms. The van der Waals surface area contributed by atoms with E-state index >= 15 is 0 Å². The zero-order valence-corrected chi connectivity index (χ0v) is 15.0. The molecular weight excluding hydrogens is 300 g/mol. The van der Waals surface area contributed by atoms with Gasteiger partial charge in [-0.05, 0) is 53.5 Å². The van der Waals surface area contributed by atoms with E-state index in [4.69, 9.17) is 9.47 Å². The van der Waals surface area contributed by atoms with Crippen molar-refractivity contribution in [2.75, 3.05) is 13.7 Å². The van der Waals surface area contributed by atoms with Crippen molar-refractivity contribution in [1.29, 1.82) is 0 Å². The highest BCUT2D eigenvalue weighted by Gasteiger charge is 2.63. The topological polar surface area (TPSA) is 35.5 Å². The lowest BCUT2D eigenvalue weighted by Gasteiger charge is -2.31. The summed E-state index contributed by atoms with van der Waals surface area (Å²) >= 11 is 0. The van der Waals surface area contributed by atoms with Gasteiger partial charge in [0.05, 0.1) is 7.11 Å². The SMILES string of the molecule is C=CCOc1cc(C=C2C(=O)C3(C)CCC2C3(C)C)ccc1OC. The number of hydrogen-bond donors (Lipinski definition) is 0. The molecule has 2 saturated carbocycles. The van der Waals surface area contributed by atoms with Crippen LogP contribution in [0.3, 0.4) is 0 Å². The van der Waals surface area contributed by atoms with Gasteiger partial charge in [-0.25, -0.2) is 0 Å². The van der Waals surface area contributed by atoms with E-state index in [0.29, 0.717) is 29.8 Å². The van der Waals surface area contributed by atoms with Crippen molar-refractivity contribution in [2.24, 2.45) is 16.7 Å². The van der Waals surface area contributed by atoms with Gasteiger partial charge in [0.1, 0.15) is 6.61 Å². The number of allylic oxidation sites excluding steroid dienone is 1. The second kappa shape index (κ2) is 5.80. The summed E-state index contributed by atoms with van der Waals surface area (Å²) in [5.74, 6) is 2.01. The van der Waals surface area contributed by atoms with Crippen molar-refractivity contribution in [1.82, 2.24) is 0 Å². The number of rotatable bonds is 5. The number of carbonyl (C=O) groups is 1. The van der Waals surface area contributed by atoms with Gasteiger partial charge in [-0.15, -0.1) is 0 Å². The molecule has 0 heterocycles. The lowest BCUT2D eigenvalue weighted by Crippen LogP contribution is -2.32. The molecule has 2 aliphatic rings. The van der Waals surface area contributed by atoms with E-state index in [1.54, 1.807) is 13.2 Å². The number of methoxy groups -OCH3 is 1. The molecular formula is C21H26O3. The third kappa shape index (κ3) is 2.29. The van der Waals surface area contributed by atoms with Gasteiger partial charge < -0.3 is 9.47 Å². The Balaban J connectivity index is 1.98. The first kappa shape index (κ1) is 16.8. The number of ether oxygens (including phenoxy) is 2. The Kier molecular flexibility index (Phi) is 4.06. The molecule has 0 amide bonds. The van der Waals surface area contributed by atoms with Crippen molar-refractivity contribution in [2.45, 2.75) is 33.6 Å². The standard InChI is InChI=1S/C21H26O3/c1-6-11-24-18-13-14(7-8-17(18)23-5)12-15-16-9-10-21(4,19(15)22)20(16,2)3/h6-8,12-13,16H,1,9-11H2,2-5H3. The highest BCUT2D eigenvalue weighted by atomic mass is 16.5. The van der Waals surface area contributed by atoms with Crippen LogP contribution in [-0.4, -0.2) is 19.5 Å². The number of ketones is 1. The van der Waals surface area contributed by atoms with Gasteiger partial charge in [0.2, 0.25) is 0 Å². The summed E-state index contributed by atoms with van der Waals surface area (Å²) in [6.45, 7) is 10.7. The van der Waals surface area contributed by atoms with Gasteiger partial charge in [-0.3, -0.25) is 4.79 Å². The molecule has 2 aliphatic carbocycles. The summed E-state index contributed by atoms with van der Waals surface area (Å²) < 4.78 is 11.0. The molecule has 128 valence electrons. The van der Waals surface area contributed by atoms with Gasteiger partial charge in [0, 0.05) is 5.41 Å². The van der Waals surface area contributed by atoms with E-state index in [-0.39, 0.29) is 10.8 Å². The monoisotopic (exact) mass is 326 g/mol. The molecule has 2 bridgehead atoms. The Morgan fingerprint density at radius 3 is 2.62 bits per heavy atom. The summed E-state index contributed by atoms with van der Waals surface area (Å²) in [4.78, 5) is 13.0. The fourth-order valence-electron chi connectivity index (χ4n) is 4.32. The van der Waals surface area contributed by atoms with Crippen molar-refractivity contribution in [3.63, 3.8) is 0 Å². The minimum Gasteiger partial charge on any atom is -0.493 e. The lowest BCUT2D eigenvalue weighted by atomic mass is 9.70. The summed E-state index contributed by atoms with van der Waals surface area (Å²) in [5.41, 5.74) is 1.75. The van der Waals surface area contributed by atoms with Crippen molar-refractivity contribution in [3.05, 3.63) is 42.0 Å². The van der Waals surface area contributed by atoms with E-state index in [1.807, 2.05) is 24.3 Å². The molecule has 0 N–H and O–H groups in total. The van der Waals surface area contributed by atoms with Gasteiger partial charge in [0.15, 0.2) is 17.3 Å². The molecule has 3 rings (SSSR count). The Bertz CT molecular complexity index is 714. The van der Waals surface area contributed by atoms with Crippen LogP contribution in [0.1, 0.15) is 39.2 Å². The number of fused-ring (bicyclic) bond motifs is 2. The summed E-state index contributed by atoms with van der Waals surface area (Å²) in [7, 11) is 1.62. The van der Waals surface area contributed by atoms with Crippen LogP contribution in [0.25, 0.3) is 6.08 Å². The van der Waals surface area contributed by atoms with Crippen LogP contribution in [0.5, 0.6) is 11.5 Å². The van der Waals surface area contributed by atoms with Crippen LogP contribution in [0.4, 0.5) is 0 Å². The minimum atomic E-state index is -0.224. The van der Waals surface area contributed by atoms with Gasteiger partial charge >= 0.3 is 0 Å². The van der Waals surface area contributed by atoms with Gasteiger partial charge in [-0.2, -0.15) is 0 Å². The highest BCUT2D eigenvalue weighted by Crippen LogP contribution is 2.65. The number of benzene rings is 1. The summed E-state index contributed by atoms with van der Waals surface area (Å²) in [5, 5.41) is 0. The van der Waals surface area contributed by atoms with Crippen LogP contribution < -0.4 is 9.47 Å². The van der Waals surface area contributed by atoms with E-state index in [0.717, 1.165) is 24.0 Å². The molecule has 0 aromatic heterocycles. The molecule has 0 saturated heterocycles. The van der Waals surface area contributed by atoms with E-state index in [2.05, 4.69) is 27.4 Å². The molecule has 1 aromatic rings. The fourth-order valence-corrected chi connectivity index (χ4v) is 4.32. The first-order valence-electron chi connectivity index (χ1n) is 8.53. The second-order valence-electron chi connectivity index (χ2n) is 7.58. The number of hydrogen-bond acceptors (Lipinski definition) is 3. The minimum absolute atomic E-state index is 0.0323. The van der Waals surface area contributed by atoms with Crippen LogP contribution in [0.15, 0.2) is 36.4 Å². The normalized spacial score (nSPS) is 29.1. The maximum atomic E-state index is 13.0. The average Bonchev–Trinajstić information content (AvgIpc) is 2.87. The largest absolute Gasteiger partial charge is 0.493 e. The van der Waals surface area contributed by atoms with Crippen LogP contribution in [-0.2, 0) is 4.79 Å². The average molecular weight is 326 g/mol. The van der Waals surface area contributed by atoms with Crippen molar-refractivity contribution < 1.29 is 14.3 Å². The predicted octanol–water partition coefficient (Wildman–Crippen LogP) is 4.67. The fraction of sp³-hybridized carbons (Fsp3) is 0.476. The van der Waals surface area contributed by atoms with E-state index in [1.165, 1.54) is 0 Å². The molecule has 2 atom stereocenters. The quantitative estimate of drug-likeness (QED) is 0.583. The number of carbonyl (C=O) groups excluding carboxylic acids is 1. The Labute approximate surface area is 144 Å². The van der Waals surface area contributed by atoms with Crippen LogP contribution in [0, 0.1) is 16.7 Å². The summed E-state index contributed by atoms with van der Waals surface area (Å²) in [6, 6.07) is 5.79. The first-order valence-corrected chi connectivity index (χ1v) is 8.53. The third-order valence-corrected chi connectivity index (χ3v) is 6.23. The molecule has 1 aromatic carbocycles. The summed E-state index contributed by atoms with van der Waals surface area (Å²) in [6.07, 6.45) is 5.83. The molecule has 2 unspecified atom stereocenters. The molecule has 2 fully saturated rings. The molecule has 0 spiro atoms. The zero-order valence-electron chi connectivity index (χ0n) is 15.0. The van der Waals surface area contributed by atoms with Crippen LogP contribution >= 0.6 is 0 Å². The van der Waals surface area contributed by atoms with E-state index in [9.17, 15) is 4.79 Å². The maximum Gasteiger partial charge on any atom is 0.165 e. The Morgan fingerprint density at radius 1 is 1.29 bits per heavy atom. The molecule has 3 nitrogen and oxygen atoms in total. The Hall–Kier alpha value is -2.03. The van der Waals surface area contributed by atoms with Crippen molar-refractivity contribution >= 4 is 11.9 Å². The molecule has 0 radical (unpaired) electrons. The van der Waals surface area contributed by atoms with Gasteiger partial charge in [-0.1, -0.05) is 39.5 Å². The number of Topliss-reactive ketones (excluding diaryl/α,β-unsaturated/α-hetero) is 1.